The zero-order valence-electron chi connectivity index (χ0n) is 15.0. The number of halogens is 1. The van der Waals surface area contributed by atoms with Gasteiger partial charge in [-0.2, -0.15) is 0 Å². The molecule has 1 aromatic carbocycles. The van der Waals surface area contributed by atoms with Crippen molar-refractivity contribution in [2.75, 3.05) is 12.0 Å². The number of amides is 1. The van der Waals surface area contributed by atoms with E-state index in [1.165, 1.54) is 22.7 Å². The molecule has 0 aliphatic heterocycles. The fraction of sp³-hybridized carbons (Fsp3) is 0.150. The van der Waals surface area contributed by atoms with Crippen LogP contribution in [0.5, 0.6) is 5.75 Å². The lowest BCUT2D eigenvalue weighted by atomic mass is 10.3. The van der Waals surface area contributed by atoms with Gasteiger partial charge in [0.05, 0.1) is 34.8 Å². The average molecular weight is 430 g/mol. The molecule has 0 aliphatic rings. The number of thiophene rings is 1. The molecule has 28 heavy (non-hydrogen) atoms. The number of para-hydroxylation sites is 1. The van der Waals surface area contributed by atoms with Crippen LogP contribution in [0.4, 0.5) is 5.13 Å². The summed E-state index contributed by atoms with van der Waals surface area (Å²) in [6.07, 6.45) is 1.98. The first kappa shape index (κ1) is 18.9. The molecule has 0 unspecified atom stereocenters. The largest absolute Gasteiger partial charge is 0.494 e. The number of aromatic nitrogens is 2. The van der Waals surface area contributed by atoms with Crippen molar-refractivity contribution in [1.29, 1.82) is 0 Å². The molecule has 0 bridgehead atoms. The van der Waals surface area contributed by atoms with Gasteiger partial charge in [0, 0.05) is 11.1 Å². The lowest BCUT2D eigenvalue weighted by molar-refractivity contribution is -0.118. The summed E-state index contributed by atoms with van der Waals surface area (Å²) in [5, 5.41) is 0.623. The first-order valence-corrected chi connectivity index (χ1v) is 10.5. The topological polar surface area (TPSA) is 55.3 Å². The SMILES string of the molecule is COc1cccc2sc(N(Cc3ccccn3)C(=O)Cc3ccc(Cl)s3)nc12. The van der Waals surface area contributed by atoms with Crippen LogP contribution in [0.15, 0.2) is 54.7 Å². The molecular weight excluding hydrogens is 414 g/mol. The monoisotopic (exact) mass is 429 g/mol. The smallest absolute Gasteiger partial charge is 0.234 e. The van der Waals surface area contributed by atoms with Gasteiger partial charge in [0.15, 0.2) is 5.13 Å². The fourth-order valence-corrected chi connectivity index (χ4v) is 4.88. The zero-order valence-corrected chi connectivity index (χ0v) is 17.4. The maximum Gasteiger partial charge on any atom is 0.234 e. The number of thiazole rings is 1. The van der Waals surface area contributed by atoms with Gasteiger partial charge in [0.25, 0.3) is 0 Å². The zero-order chi connectivity index (χ0) is 19.5. The lowest BCUT2D eigenvalue weighted by Crippen LogP contribution is -2.31. The van der Waals surface area contributed by atoms with E-state index in [1.54, 1.807) is 24.3 Å². The highest BCUT2D eigenvalue weighted by atomic mass is 35.5. The van der Waals surface area contributed by atoms with E-state index in [0.29, 0.717) is 21.8 Å². The number of ether oxygens (including phenoxy) is 1. The summed E-state index contributed by atoms with van der Waals surface area (Å²) in [5.41, 5.74) is 1.55. The molecule has 5 nitrogen and oxygen atoms in total. The molecule has 0 saturated carbocycles. The maximum absolute atomic E-state index is 13.2. The van der Waals surface area contributed by atoms with E-state index in [0.717, 1.165) is 20.8 Å². The molecule has 4 aromatic rings. The number of hydrogen-bond acceptors (Lipinski definition) is 6. The summed E-state index contributed by atoms with van der Waals surface area (Å²) in [4.78, 5) is 24.8. The van der Waals surface area contributed by atoms with Crippen molar-refractivity contribution in [2.24, 2.45) is 0 Å². The first-order valence-electron chi connectivity index (χ1n) is 8.52. The maximum atomic E-state index is 13.2. The lowest BCUT2D eigenvalue weighted by Gasteiger charge is -2.19. The summed E-state index contributed by atoms with van der Waals surface area (Å²) < 4.78 is 7.05. The van der Waals surface area contributed by atoms with Crippen molar-refractivity contribution in [3.63, 3.8) is 0 Å². The van der Waals surface area contributed by atoms with Gasteiger partial charge in [-0.15, -0.1) is 11.3 Å². The Labute approximate surface area is 175 Å². The number of methoxy groups -OCH3 is 1. The van der Waals surface area contributed by atoms with E-state index in [2.05, 4.69) is 4.98 Å². The summed E-state index contributed by atoms with van der Waals surface area (Å²) in [7, 11) is 1.62. The third kappa shape index (κ3) is 4.01. The van der Waals surface area contributed by atoms with Crippen molar-refractivity contribution >= 4 is 55.5 Å². The molecule has 0 aliphatic carbocycles. The Morgan fingerprint density at radius 2 is 2.04 bits per heavy atom. The number of pyridine rings is 1. The number of hydrogen-bond donors (Lipinski definition) is 0. The van der Waals surface area contributed by atoms with Crippen molar-refractivity contribution in [1.82, 2.24) is 9.97 Å². The van der Waals surface area contributed by atoms with Crippen LogP contribution in [0.2, 0.25) is 4.34 Å². The Hall–Kier alpha value is -2.48. The minimum absolute atomic E-state index is 0.0535. The van der Waals surface area contributed by atoms with Crippen LogP contribution in [0, 0.1) is 0 Å². The van der Waals surface area contributed by atoms with Crippen molar-refractivity contribution in [3.05, 3.63) is 69.6 Å². The number of carbonyl (C=O) groups is 1. The van der Waals surface area contributed by atoms with Gasteiger partial charge < -0.3 is 4.74 Å². The molecule has 3 aromatic heterocycles. The molecule has 142 valence electrons. The van der Waals surface area contributed by atoms with Gasteiger partial charge in [-0.05, 0) is 36.4 Å². The van der Waals surface area contributed by atoms with Gasteiger partial charge in [-0.1, -0.05) is 35.1 Å². The third-order valence-corrected chi connectivity index (χ3v) is 6.40. The highest BCUT2D eigenvalue weighted by Crippen LogP contribution is 2.35. The second-order valence-corrected chi connectivity index (χ2v) is 8.80. The van der Waals surface area contributed by atoms with Crippen LogP contribution in [-0.2, 0) is 17.8 Å². The molecule has 0 spiro atoms. The van der Waals surface area contributed by atoms with E-state index in [1.807, 2.05) is 42.5 Å². The average Bonchev–Trinajstić information content (AvgIpc) is 3.32. The number of nitrogens with zero attached hydrogens (tertiary/aromatic N) is 3. The minimum atomic E-state index is -0.0535. The standard InChI is InChI=1S/C20H16ClN3O2S2/c1-26-15-6-4-7-16-19(15)23-20(28-16)24(12-13-5-2-3-10-22-13)18(25)11-14-8-9-17(21)27-14/h2-10H,11-12H2,1H3. The second-order valence-electron chi connectivity index (χ2n) is 5.99. The molecule has 0 fully saturated rings. The third-order valence-electron chi connectivity index (χ3n) is 4.12. The van der Waals surface area contributed by atoms with Gasteiger partial charge in [0.2, 0.25) is 5.91 Å². The number of fused-ring (bicyclic) bond motifs is 1. The Morgan fingerprint density at radius 3 is 2.75 bits per heavy atom. The molecule has 0 atom stereocenters. The van der Waals surface area contributed by atoms with Crippen LogP contribution in [0.1, 0.15) is 10.6 Å². The van der Waals surface area contributed by atoms with E-state index in [-0.39, 0.29) is 12.3 Å². The highest BCUT2D eigenvalue weighted by molar-refractivity contribution is 7.22. The van der Waals surface area contributed by atoms with Crippen molar-refractivity contribution in [2.45, 2.75) is 13.0 Å². The second kappa shape index (κ2) is 8.26. The fourth-order valence-electron chi connectivity index (χ4n) is 2.80. The van der Waals surface area contributed by atoms with E-state index >= 15 is 0 Å². The number of carbonyl (C=O) groups excluding carboxylic acids is 1. The number of benzene rings is 1. The number of rotatable bonds is 6. The molecule has 0 radical (unpaired) electrons. The van der Waals surface area contributed by atoms with Crippen LogP contribution < -0.4 is 9.64 Å². The van der Waals surface area contributed by atoms with Gasteiger partial charge >= 0.3 is 0 Å². The Balaban J connectivity index is 1.70. The van der Waals surface area contributed by atoms with E-state index < -0.39 is 0 Å². The molecule has 3 heterocycles. The highest BCUT2D eigenvalue weighted by Gasteiger charge is 2.22. The van der Waals surface area contributed by atoms with Crippen LogP contribution in [-0.4, -0.2) is 23.0 Å². The molecule has 8 heteroatoms. The van der Waals surface area contributed by atoms with E-state index in [9.17, 15) is 4.79 Å². The molecule has 1 amide bonds. The minimum Gasteiger partial charge on any atom is -0.494 e. The quantitative estimate of drug-likeness (QED) is 0.423. The molecule has 0 saturated heterocycles. The van der Waals surface area contributed by atoms with Gasteiger partial charge in [-0.25, -0.2) is 4.98 Å². The van der Waals surface area contributed by atoms with Gasteiger partial charge in [-0.3, -0.25) is 14.7 Å². The normalized spacial score (nSPS) is 10.9. The predicted molar refractivity (Wildman–Crippen MR) is 115 cm³/mol. The summed E-state index contributed by atoms with van der Waals surface area (Å²) in [6.45, 7) is 0.348. The van der Waals surface area contributed by atoms with Crippen LogP contribution >= 0.6 is 34.3 Å². The first-order chi connectivity index (χ1) is 13.6. The summed E-state index contributed by atoms with van der Waals surface area (Å²) in [6, 6.07) is 15.1. The van der Waals surface area contributed by atoms with Gasteiger partial charge in [0.1, 0.15) is 11.3 Å². The molecular formula is C20H16ClN3O2S2. The summed E-state index contributed by atoms with van der Waals surface area (Å²) in [5.74, 6) is 0.637. The van der Waals surface area contributed by atoms with Crippen molar-refractivity contribution < 1.29 is 9.53 Å². The molecule has 0 N–H and O–H groups in total. The Morgan fingerprint density at radius 1 is 1.14 bits per heavy atom. The van der Waals surface area contributed by atoms with Crippen molar-refractivity contribution in [3.8, 4) is 5.75 Å². The number of anilines is 1. The Kier molecular flexibility index (Phi) is 5.57. The predicted octanol–water partition coefficient (Wildman–Crippen LogP) is 5.19. The summed E-state index contributed by atoms with van der Waals surface area (Å²) >= 11 is 8.89. The van der Waals surface area contributed by atoms with Crippen LogP contribution in [0.25, 0.3) is 10.2 Å². The van der Waals surface area contributed by atoms with Crippen LogP contribution in [0.3, 0.4) is 0 Å². The molecule has 4 rings (SSSR count). The Bertz CT molecular complexity index is 1110. The van der Waals surface area contributed by atoms with E-state index in [4.69, 9.17) is 21.3 Å².